The van der Waals surface area contributed by atoms with Crippen molar-refractivity contribution in [2.75, 3.05) is 0 Å². The van der Waals surface area contributed by atoms with E-state index >= 15 is 0 Å². The third-order valence-electron chi connectivity index (χ3n) is 3.04. The van der Waals surface area contributed by atoms with Crippen LogP contribution in [0.2, 0.25) is 10.0 Å². The first-order chi connectivity index (χ1) is 9.04. The van der Waals surface area contributed by atoms with E-state index in [0.29, 0.717) is 10.0 Å². The molecule has 0 aromatic heterocycles. The van der Waals surface area contributed by atoms with Crippen molar-refractivity contribution in [3.05, 3.63) is 58.1 Å². The molecule has 2 rings (SSSR count). The Morgan fingerprint density at radius 3 is 2.05 bits per heavy atom. The summed E-state index contributed by atoms with van der Waals surface area (Å²) in [7, 11) is 0. The van der Waals surface area contributed by atoms with Crippen LogP contribution in [0.4, 0.5) is 0 Å². The Labute approximate surface area is 124 Å². The first-order valence-corrected chi connectivity index (χ1v) is 7.11. The average Bonchev–Trinajstić information content (AvgIpc) is 2.36. The standard InChI is InChI=1S/C16H17Cl2N/c1-11(19)2-3-12-4-6-13(7-5-12)14-8-15(17)10-16(18)9-14/h4-11H,2-3,19H2,1H3. The van der Waals surface area contributed by atoms with Gasteiger partial charge in [0.15, 0.2) is 0 Å². The van der Waals surface area contributed by atoms with Crippen molar-refractivity contribution in [1.82, 2.24) is 0 Å². The van der Waals surface area contributed by atoms with Crippen molar-refractivity contribution in [3.63, 3.8) is 0 Å². The van der Waals surface area contributed by atoms with Crippen LogP contribution < -0.4 is 5.73 Å². The van der Waals surface area contributed by atoms with E-state index in [0.717, 1.165) is 24.0 Å². The van der Waals surface area contributed by atoms with Gasteiger partial charge in [0, 0.05) is 16.1 Å². The van der Waals surface area contributed by atoms with Gasteiger partial charge in [0.2, 0.25) is 0 Å². The molecule has 0 fully saturated rings. The normalized spacial score (nSPS) is 12.4. The number of halogens is 2. The molecule has 0 heterocycles. The zero-order valence-electron chi connectivity index (χ0n) is 10.9. The van der Waals surface area contributed by atoms with E-state index in [4.69, 9.17) is 28.9 Å². The van der Waals surface area contributed by atoms with Crippen LogP contribution in [-0.4, -0.2) is 6.04 Å². The number of hydrogen-bond donors (Lipinski definition) is 1. The monoisotopic (exact) mass is 293 g/mol. The van der Waals surface area contributed by atoms with E-state index in [1.165, 1.54) is 5.56 Å². The molecule has 0 aliphatic heterocycles. The largest absolute Gasteiger partial charge is 0.328 e. The van der Waals surface area contributed by atoms with Crippen LogP contribution in [0.1, 0.15) is 18.9 Å². The van der Waals surface area contributed by atoms with E-state index in [9.17, 15) is 0 Å². The van der Waals surface area contributed by atoms with Crippen molar-refractivity contribution in [2.45, 2.75) is 25.8 Å². The lowest BCUT2D eigenvalue weighted by Gasteiger charge is -2.07. The van der Waals surface area contributed by atoms with Gasteiger partial charge in [-0.1, -0.05) is 47.5 Å². The van der Waals surface area contributed by atoms with Crippen molar-refractivity contribution >= 4 is 23.2 Å². The quantitative estimate of drug-likeness (QED) is 0.849. The Balaban J connectivity index is 2.17. The minimum absolute atomic E-state index is 0.242. The van der Waals surface area contributed by atoms with Crippen LogP contribution in [0, 0.1) is 0 Å². The second kappa shape index (κ2) is 6.42. The Bertz CT molecular complexity index is 527. The molecular formula is C16H17Cl2N. The number of rotatable bonds is 4. The van der Waals surface area contributed by atoms with Gasteiger partial charge in [-0.2, -0.15) is 0 Å². The molecule has 2 N–H and O–H groups in total. The van der Waals surface area contributed by atoms with E-state index in [2.05, 4.69) is 24.3 Å². The highest BCUT2D eigenvalue weighted by Crippen LogP contribution is 2.27. The Hall–Kier alpha value is -1.02. The maximum atomic E-state index is 6.02. The fraction of sp³-hybridized carbons (Fsp3) is 0.250. The third-order valence-corrected chi connectivity index (χ3v) is 3.47. The smallest absolute Gasteiger partial charge is 0.0426 e. The highest BCUT2D eigenvalue weighted by Gasteiger charge is 2.02. The Morgan fingerprint density at radius 1 is 0.947 bits per heavy atom. The highest BCUT2D eigenvalue weighted by molar-refractivity contribution is 6.35. The summed E-state index contributed by atoms with van der Waals surface area (Å²) in [5.74, 6) is 0. The van der Waals surface area contributed by atoms with Gasteiger partial charge in [-0.15, -0.1) is 0 Å². The molecule has 1 unspecified atom stereocenters. The summed E-state index contributed by atoms with van der Waals surface area (Å²) < 4.78 is 0. The number of benzene rings is 2. The van der Waals surface area contributed by atoms with Gasteiger partial charge in [-0.05, 0) is 54.7 Å². The van der Waals surface area contributed by atoms with Gasteiger partial charge < -0.3 is 5.73 Å². The van der Waals surface area contributed by atoms with Crippen LogP contribution in [0.15, 0.2) is 42.5 Å². The van der Waals surface area contributed by atoms with Crippen molar-refractivity contribution in [1.29, 1.82) is 0 Å². The predicted octanol–water partition coefficient (Wildman–Crippen LogP) is 4.94. The van der Waals surface area contributed by atoms with Gasteiger partial charge in [0.05, 0.1) is 0 Å². The molecule has 0 amide bonds. The van der Waals surface area contributed by atoms with Crippen LogP contribution in [0.3, 0.4) is 0 Å². The maximum absolute atomic E-state index is 6.02. The molecule has 0 bridgehead atoms. The Kier molecular flexibility index (Phi) is 4.87. The van der Waals surface area contributed by atoms with E-state index in [1.54, 1.807) is 6.07 Å². The minimum atomic E-state index is 0.242. The lowest BCUT2D eigenvalue weighted by Crippen LogP contribution is -2.15. The fourth-order valence-corrected chi connectivity index (χ4v) is 2.50. The summed E-state index contributed by atoms with van der Waals surface area (Å²) in [6.07, 6.45) is 2.01. The van der Waals surface area contributed by atoms with Crippen molar-refractivity contribution in [3.8, 4) is 11.1 Å². The zero-order valence-corrected chi connectivity index (χ0v) is 12.4. The molecule has 1 nitrogen and oxygen atoms in total. The van der Waals surface area contributed by atoms with Gasteiger partial charge in [0.1, 0.15) is 0 Å². The van der Waals surface area contributed by atoms with Gasteiger partial charge in [-0.25, -0.2) is 0 Å². The second-order valence-electron chi connectivity index (χ2n) is 4.87. The van der Waals surface area contributed by atoms with Crippen LogP contribution in [-0.2, 0) is 6.42 Å². The van der Waals surface area contributed by atoms with Gasteiger partial charge >= 0.3 is 0 Å². The maximum Gasteiger partial charge on any atom is 0.0426 e. The molecule has 0 spiro atoms. The van der Waals surface area contributed by atoms with Crippen LogP contribution in [0.25, 0.3) is 11.1 Å². The van der Waals surface area contributed by atoms with E-state index in [-0.39, 0.29) is 6.04 Å². The molecule has 0 radical (unpaired) electrons. The molecule has 3 heteroatoms. The Morgan fingerprint density at radius 2 is 1.53 bits per heavy atom. The van der Waals surface area contributed by atoms with Crippen molar-refractivity contribution in [2.24, 2.45) is 5.73 Å². The lowest BCUT2D eigenvalue weighted by atomic mass is 10.0. The SMILES string of the molecule is CC(N)CCc1ccc(-c2cc(Cl)cc(Cl)c2)cc1. The summed E-state index contributed by atoms with van der Waals surface area (Å²) in [4.78, 5) is 0. The molecule has 0 aliphatic carbocycles. The molecule has 2 aromatic carbocycles. The van der Waals surface area contributed by atoms with Gasteiger partial charge in [0.25, 0.3) is 0 Å². The topological polar surface area (TPSA) is 26.0 Å². The fourth-order valence-electron chi connectivity index (χ4n) is 1.98. The summed E-state index contributed by atoms with van der Waals surface area (Å²) in [6, 6.07) is 14.3. The molecule has 0 aliphatic rings. The average molecular weight is 294 g/mol. The van der Waals surface area contributed by atoms with Gasteiger partial charge in [-0.3, -0.25) is 0 Å². The third kappa shape index (κ3) is 4.24. The van der Waals surface area contributed by atoms with E-state index < -0.39 is 0 Å². The minimum Gasteiger partial charge on any atom is -0.328 e. The molecule has 0 saturated heterocycles. The zero-order chi connectivity index (χ0) is 13.8. The molecule has 1 atom stereocenters. The number of aryl methyl sites for hydroxylation is 1. The molecule has 0 saturated carbocycles. The number of nitrogens with two attached hydrogens (primary N) is 1. The van der Waals surface area contributed by atoms with E-state index in [1.807, 2.05) is 19.1 Å². The molecule has 19 heavy (non-hydrogen) atoms. The van der Waals surface area contributed by atoms with Crippen LogP contribution >= 0.6 is 23.2 Å². The van der Waals surface area contributed by atoms with Crippen molar-refractivity contribution < 1.29 is 0 Å². The summed E-state index contributed by atoms with van der Waals surface area (Å²) in [5.41, 5.74) is 9.22. The lowest BCUT2D eigenvalue weighted by molar-refractivity contribution is 0.666. The first-order valence-electron chi connectivity index (χ1n) is 6.35. The highest BCUT2D eigenvalue weighted by atomic mass is 35.5. The van der Waals surface area contributed by atoms with Crippen LogP contribution in [0.5, 0.6) is 0 Å². The predicted molar refractivity (Wildman–Crippen MR) is 83.9 cm³/mol. The number of hydrogen-bond acceptors (Lipinski definition) is 1. The second-order valence-corrected chi connectivity index (χ2v) is 5.74. The molecule has 2 aromatic rings. The molecular weight excluding hydrogens is 277 g/mol. The summed E-state index contributed by atoms with van der Waals surface area (Å²) in [6.45, 7) is 2.03. The summed E-state index contributed by atoms with van der Waals surface area (Å²) >= 11 is 12.0. The molecule has 100 valence electrons. The summed E-state index contributed by atoms with van der Waals surface area (Å²) in [5, 5.41) is 1.31. The first kappa shape index (κ1) is 14.4.